The van der Waals surface area contributed by atoms with E-state index in [-0.39, 0.29) is 11.9 Å². The van der Waals surface area contributed by atoms with Gasteiger partial charge in [0.05, 0.1) is 5.56 Å². The van der Waals surface area contributed by atoms with E-state index in [0.717, 1.165) is 5.56 Å². The number of pyridine rings is 2. The summed E-state index contributed by atoms with van der Waals surface area (Å²) in [5, 5.41) is 15.2. The zero-order valence-electron chi connectivity index (χ0n) is 14.2. The highest BCUT2D eigenvalue weighted by molar-refractivity contribution is 6.04. The molecule has 128 valence electrons. The van der Waals surface area contributed by atoms with E-state index in [0.29, 0.717) is 22.6 Å². The molecule has 0 aliphatic rings. The van der Waals surface area contributed by atoms with Crippen LogP contribution < -0.4 is 10.6 Å². The third-order valence-corrected chi connectivity index (χ3v) is 3.89. The molecule has 2 aromatic heterocycles. The van der Waals surface area contributed by atoms with Gasteiger partial charge in [-0.3, -0.25) is 9.78 Å². The molecule has 1 aromatic carbocycles. The number of rotatable bonds is 5. The first-order chi connectivity index (χ1) is 12.7. The molecule has 0 spiro atoms. The van der Waals surface area contributed by atoms with Gasteiger partial charge in [-0.15, -0.1) is 0 Å². The Bertz CT molecular complexity index is 932. The van der Waals surface area contributed by atoms with E-state index in [4.69, 9.17) is 5.26 Å². The first-order valence-electron chi connectivity index (χ1n) is 8.10. The number of carbonyl (C=O) groups excluding carboxylic acids is 1. The summed E-state index contributed by atoms with van der Waals surface area (Å²) in [5.41, 5.74) is 2.78. The Labute approximate surface area is 151 Å². The lowest BCUT2D eigenvalue weighted by Gasteiger charge is -2.16. The molecular formula is C20H17N5O. The summed E-state index contributed by atoms with van der Waals surface area (Å²) in [6.07, 6.45) is 4.81. The summed E-state index contributed by atoms with van der Waals surface area (Å²) in [5.74, 6) is 0.371. The maximum atomic E-state index is 12.2. The summed E-state index contributed by atoms with van der Waals surface area (Å²) in [7, 11) is 0. The number of hydrogen-bond acceptors (Lipinski definition) is 5. The van der Waals surface area contributed by atoms with E-state index >= 15 is 0 Å². The lowest BCUT2D eigenvalue weighted by molar-refractivity contribution is 0.102. The number of aromatic nitrogens is 2. The quantitative estimate of drug-likeness (QED) is 0.736. The summed E-state index contributed by atoms with van der Waals surface area (Å²) in [4.78, 5) is 20.3. The van der Waals surface area contributed by atoms with Gasteiger partial charge in [0, 0.05) is 35.9 Å². The summed E-state index contributed by atoms with van der Waals surface area (Å²) in [6, 6.07) is 16.4. The predicted molar refractivity (Wildman–Crippen MR) is 99.6 cm³/mol. The van der Waals surface area contributed by atoms with Gasteiger partial charge in [-0.25, -0.2) is 4.98 Å². The molecule has 0 saturated heterocycles. The van der Waals surface area contributed by atoms with Crippen LogP contribution in [0.3, 0.4) is 0 Å². The Morgan fingerprint density at radius 3 is 2.50 bits per heavy atom. The average molecular weight is 343 g/mol. The van der Waals surface area contributed by atoms with Crippen LogP contribution in [-0.2, 0) is 0 Å². The lowest BCUT2D eigenvalue weighted by Crippen LogP contribution is -2.12. The van der Waals surface area contributed by atoms with Crippen LogP contribution >= 0.6 is 0 Å². The second kappa shape index (κ2) is 7.90. The zero-order valence-corrected chi connectivity index (χ0v) is 14.2. The van der Waals surface area contributed by atoms with Gasteiger partial charge in [-0.05, 0) is 48.9 Å². The van der Waals surface area contributed by atoms with Gasteiger partial charge in [0.25, 0.3) is 5.91 Å². The number of carbonyl (C=O) groups is 1. The van der Waals surface area contributed by atoms with Crippen LogP contribution in [0, 0.1) is 11.3 Å². The minimum absolute atomic E-state index is 0.0399. The second-order valence-electron chi connectivity index (χ2n) is 5.69. The number of benzene rings is 1. The Balaban J connectivity index is 1.67. The molecule has 0 unspecified atom stereocenters. The van der Waals surface area contributed by atoms with Crippen molar-refractivity contribution in [3.8, 4) is 6.07 Å². The average Bonchev–Trinajstić information content (AvgIpc) is 2.69. The monoisotopic (exact) mass is 343 g/mol. The van der Waals surface area contributed by atoms with E-state index in [1.54, 1.807) is 42.9 Å². The molecule has 0 saturated carbocycles. The van der Waals surface area contributed by atoms with Crippen molar-refractivity contribution in [3.05, 3.63) is 83.8 Å². The smallest absolute Gasteiger partial charge is 0.255 e. The Hall–Kier alpha value is -3.72. The normalized spacial score (nSPS) is 11.2. The molecule has 0 aliphatic heterocycles. The lowest BCUT2D eigenvalue weighted by atomic mass is 10.1. The molecule has 2 N–H and O–H groups in total. The Morgan fingerprint density at radius 1 is 1.08 bits per heavy atom. The maximum absolute atomic E-state index is 12.2. The molecular weight excluding hydrogens is 326 g/mol. The van der Waals surface area contributed by atoms with Crippen LogP contribution in [0.5, 0.6) is 0 Å². The minimum Gasteiger partial charge on any atom is -0.362 e. The Morgan fingerprint density at radius 2 is 1.81 bits per heavy atom. The number of nitrogens with zero attached hydrogens (tertiary/aromatic N) is 3. The maximum Gasteiger partial charge on any atom is 0.255 e. The van der Waals surface area contributed by atoms with Gasteiger partial charge in [0.15, 0.2) is 0 Å². The highest BCUT2D eigenvalue weighted by atomic mass is 16.1. The van der Waals surface area contributed by atoms with Crippen molar-refractivity contribution < 1.29 is 4.79 Å². The summed E-state index contributed by atoms with van der Waals surface area (Å²) < 4.78 is 0. The molecule has 0 aliphatic carbocycles. The van der Waals surface area contributed by atoms with Crippen LogP contribution in [0.15, 0.2) is 67.1 Å². The third-order valence-electron chi connectivity index (χ3n) is 3.89. The molecule has 1 amide bonds. The largest absolute Gasteiger partial charge is 0.362 e. The molecule has 1 atom stereocenters. The van der Waals surface area contributed by atoms with Crippen molar-refractivity contribution >= 4 is 17.4 Å². The van der Waals surface area contributed by atoms with Gasteiger partial charge in [0.2, 0.25) is 0 Å². The van der Waals surface area contributed by atoms with Crippen LogP contribution in [0.25, 0.3) is 0 Å². The standard InChI is InChI=1S/C20H17N5O/c1-14(24-19-17(13-21)3-2-10-23-19)15-4-6-18(7-5-15)25-20(26)16-8-11-22-12-9-16/h2-12,14H,1H3,(H,23,24)(H,25,26)/t14-/m0/s1. The molecule has 3 rings (SSSR count). The van der Waals surface area contributed by atoms with E-state index in [2.05, 4.69) is 26.7 Å². The van der Waals surface area contributed by atoms with Gasteiger partial charge < -0.3 is 10.6 Å². The van der Waals surface area contributed by atoms with Crippen LogP contribution in [0.1, 0.15) is 34.5 Å². The molecule has 26 heavy (non-hydrogen) atoms. The number of nitriles is 1. The topological polar surface area (TPSA) is 90.7 Å². The first-order valence-corrected chi connectivity index (χ1v) is 8.10. The molecule has 6 heteroatoms. The van der Waals surface area contributed by atoms with E-state index in [1.165, 1.54) is 0 Å². The number of anilines is 2. The fraction of sp³-hybridized carbons (Fsp3) is 0.100. The van der Waals surface area contributed by atoms with Crippen molar-refractivity contribution in [1.29, 1.82) is 5.26 Å². The van der Waals surface area contributed by atoms with Gasteiger partial charge in [0.1, 0.15) is 11.9 Å². The number of hydrogen-bond donors (Lipinski definition) is 2. The molecule has 0 bridgehead atoms. The Kier molecular flexibility index (Phi) is 5.20. The van der Waals surface area contributed by atoms with Gasteiger partial charge in [-0.2, -0.15) is 5.26 Å². The first kappa shape index (κ1) is 17.1. The van der Waals surface area contributed by atoms with Crippen molar-refractivity contribution in [2.24, 2.45) is 0 Å². The fourth-order valence-electron chi connectivity index (χ4n) is 2.46. The number of nitrogens with one attached hydrogen (secondary N) is 2. The highest BCUT2D eigenvalue weighted by Crippen LogP contribution is 2.21. The molecule has 3 aromatic rings. The fourth-order valence-corrected chi connectivity index (χ4v) is 2.46. The van der Waals surface area contributed by atoms with E-state index in [1.807, 2.05) is 31.2 Å². The number of amides is 1. The predicted octanol–water partition coefficient (Wildman–Crippen LogP) is 3.77. The molecule has 6 nitrogen and oxygen atoms in total. The third kappa shape index (κ3) is 4.02. The zero-order chi connectivity index (χ0) is 18.4. The second-order valence-corrected chi connectivity index (χ2v) is 5.69. The molecule has 0 fully saturated rings. The van der Waals surface area contributed by atoms with Crippen LogP contribution in [-0.4, -0.2) is 15.9 Å². The summed E-state index contributed by atoms with van der Waals surface area (Å²) in [6.45, 7) is 1.99. The van der Waals surface area contributed by atoms with E-state index < -0.39 is 0 Å². The highest BCUT2D eigenvalue weighted by Gasteiger charge is 2.10. The van der Waals surface area contributed by atoms with Crippen molar-refractivity contribution in [2.75, 3.05) is 10.6 Å². The molecule has 0 radical (unpaired) electrons. The minimum atomic E-state index is -0.182. The molecule has 2 heterocycles. The van der Waals surface area contributed by atoms with Crippen LogP contribution in [0.4, 0.5) is 11.5 Å². The van der Waals surface area contributed by atoms with E-state index in [9.17, 15) is 4.79 Å². The summed E-state index contributed by atoms with van der Waals surface area (Å²) >= 11 is 0. The van der Waals surface area contributed by atoms with Crippen molar-refractivity contribution in [1.82, 2.24) is 9.97 Å². The van der Waals surface area contributed by atoms with Crippen LogP contribution in [0.2, 0.25) is 0 Å². The van der Waals surface area contributed by atoms with Crippen molar-refractivity contribution in [3.63, 3.8) is 0 Å². The van der Waals surface area contributed by atoms with Gasteiger partial charge in [-0.1, -0.05) is 12.1 Å². The van der Waals surface area contributed by atoms with Crippen molar-refractivity contribution in [2.45, 2.75) is 13.0 Å². The SMILES string of the molecule is C[C@H](Nc1ncccc1C#N)c1ccc(NC(=O)c2ccncc2)cc1. The van der Waals surface area contributed by atoms with Gasteiger partial charge >= 0.3 is 0 Å².